The number of halogens is 5. The molecule has 0 unspecified atom stereocenters. The lowest BCUT2D eigenvalue weighted by Gasteiger charge is -2.30. The molecule has 1 fully saturated rings. The van der Waals surface area contributed by atoms with Crippen LogP contribution >= 0.6 is 23.2 Å². The minimum atomic E-state index is -4.43. The fraction of sp³-hybridized carbons (Fsp3) is 0.290. The number of rotatable bonds is 10. The van der Waals surface area contributed by atoms with Crippen molar-refractivity contribution in [2.45, 2.75) is 57.2 Å². The molecular formula is C31H30Cl2F3N7O. The Kier molecular flexibility index (Phi) is 10.1. The first kappa shape index (κ1) is 31.3. The zero-order valence-corrected chi connectivity index (χ0v) is 25.1. The Hall–Kier alpha value is -4.09. The average Bonchev–Trinajstić information content (AvgIpc) is 3.51. The summed E-state index contributed by atoms with van der Waals surface area (Å²) in [5, 5.41) is 19.4. The van der Waals surface area contributed by atoms with Gasteiger partial charge >= 0.3 is 6.18 Å². The number of carbonyl (C=O) groups excluding carboxylic acids is 1. The molecule has 8 nitrogen and oxygen atoms in total. The van der Waals surface area contributed by atoms with Gasteiger partial charge in [0, 0.05) is 33.5 Å². The molecule has 4 aromatic rings. The van der Waals surface area contributed by atoms with Crippen LogP contribution in [0.15, 0.2) is 78.6 Å². The second-order valence-electron chi connectivity index (χ2n) is 10.6. The number of tetrazole rings is 1. The summed E-state index contributed by atoms with van der Waals surface area (Å²) in [6.07, 6.45) is 1.41. The van der Waals surface area contributed by atoms with Crippen molar-refractivity contribution in [3.63, 3.8) is 0 Å². The van der Waals surface area contributed by atoms with Gasteiger partial charge in [0.25, 0.3) is 11.9 Å². The zero-order valence-electron chi connectivity index (χ0n) is 23.5. The molecule has 230 valence electrons. The summed E-state index contributed by atoms with van der Waals surface area (Å²) >= 11 is 12.4. The molecular weight excluding hydrogens is 614 g/mol. The SMILES string of the molecule is O=C(Nc1nn[nH]n1)c1ccc(CN(/C(=C\CC(F)(F)F)Nc2cc(Cl)cc(Cl)c2)c2ccc(C3CCCCC3)cc2)cc1. The monoisotopic (exact) mass is 643 g/mol. The lowest BCUT2D eigenvalue weighted by Crippen LogP contribution is -2.27. The molecule has 0 atom stereocenters. The maximum Gasteiger partial charge on any atom is 0.392 e. The molecule has 3 aromatic carbocycles. The topological polar surface area (TPSA) is 98.8 Å². The van der Waals surface area contributed by atoms with Crippen LogP contribution in [0.25, 0.3) is 0 Å². The van der Waals surface area contributed by atoms with Crippen molar-refractivity contribution in [3.8, 4) is 0 Å². The predicted molar refractivity (Wildman–Crippen MR) is 166 cm³/mol. The van der Waals surface area contributed by atoms with E-state index in [0.717, 1.165) is 24.5 Å². The van der Waals surface area contributed by atoms with Gasteiger partial charge < -0.3 is 10.2 Å². The molecule has 0 saturated heterocycles. The van der Waals surface area contributed by atoms with Crippen LogP contribution in [0.5, 0.6) is 0 Å². The molecule has 1 aromatic heterocycles. The second-order valence-corrected chi connectivity index (χ2v) is 11.5. The number of allylic oxidation sites excluding steroid dienone is 1. The van der Waals surface area contributed by atoms with Gasteiger partial charge in [0.15, 0.2) is 0 Å². The number of H-pyrrole nitrogens is 1. The van der Waals surface area contributed by atoms with Crippen LogP contribution in [-0.4, -0.2) is 32.7 Å². The van der Waals surface area contributed by atoms with Gasteiger partial charge in [0.1, 0.15) is 5.82 Å². The predicted octanol–water partition coefficient (Wildman–Crippen LogP) is 8.72. The summed E-state index contributed by atoms with van der Waals surface area (Å²) in [7, 11) is 0. The maximum atomic E-state index is 13.5. The first-order chi connectivity index (χ1) is 21.1. The molecule has 1 amide bonds. The number of hydrogen-bond acceptors (Lipinski definition) is 6. The molecule has 1 aliphatic carbocycles. The van der Waals surface area contributed by atoms with Gasteiger partial charge in [-0.25, -0.2) is 0 Å². The third kappa shape index (κ3) is 8.73. The smallest absolute Gasteiger partial charge is 0.342 e. The van der Waals surface area contributed by atoms with E-state index >= 15 is 0 Å². The van der Waals surface area contributed by atoms with E-state index in [9.17, 15) is 18.0 Å². The standard InChI is InChI=1S/C31H30Cl2F3N7O/c32-24-16-25(33)18-26(17-24)37-28(14-15-31(34,35)36)43(27-12-10-22(11-13-27)21-4-2-1-3-5-21)19-20-6-8-23(9-7-20)29(44)38-30-39-41-42-40-30/h6-14,16-18,21,37H,1-5,15,19H2,(H2,38,39,40,41,42,44)/b28-14-. The lowest BCUT2D eigenvalue weighted by molar-refractivity contribution is -0.125. The molecule has 1 heterocycles. The average molecular weight is 645 g/mol. The van der Waals surface area contributed by atoms with Crippen molar-refractivity contribution in [1.29, 1.82) is 0 Å². The van der Waals surface area contributed by atoms with Gasteiger partial charge in [-0.05, 0) is 83.6 Å². The Labute approximate surface area is 262 Å². The fourth-order valence-electron chi connectivity index (χ4n) is 5.23. The van der Waals surface area contributed by atoms with Crippen molar-refractivity contribution < 1.29 is 18.0 Å². The number of aromatic nitrogens is 4. The number of alkyl halides is 3. The molecule has 1 aliphatic rings. The van der Waals surface area contributed by atoms with Crippen LogP contribution in [0.3, 0.4) is 0 Å². The van der Waals surface area contributed by atoms with Gasteiger partial charge in [-0.2, -0.15) is 18.4 Å². The molecule has 0 bridgehead atoms. The van der Waals surface area contributed by atoms with Crippen molar-refractivity contribution in [2.24, 2.45) is 0 Å². The van der Waals surface area contributed by atoms with Crippen LogP contribution in [-0.2, 0) is 6.54 Å². The number of anilines is 3. The summed E-state index contributed by atoms with van der Waals surface area (Å²) in [6.45, 7) is 0.195. The van der Waals surface area contributed by atoms with Gasteiger partial charge in [-0.1, -0.05) is 71.8 Å². The van der Waals surface area contributed by atoms with Crippen LogP contribution in [0.2, 0.25) is 10.0 Å². The molecule has 5 rings (SSSR count). The number of aromatic amines is 1. The number of nitrogens with zero attached hydrogens (tertiary/aromatic N) is 4. The fourth-order valence-corrected chi connectivity index (χ4v) is 5.75. The normalized spacial score (nSPS) is 14.3. The summed E-state index contributed by atoms with van der Waals surface area (Å²) < 4.78 is 40.5. The summed E-state index contributed by atoms with van der Waals surface area (Å²) in [6, 6.07) is 19.4. The van der Waals surface area contributed by atoms with Crippen LogP contribution in [0, 0.1) is 0 Å². The van der Waals surface area contributed by atoms with E-state index in [4.69, 9.17) is 23.2 Å². The second kappa shape index (κ2) is 14.1. The first-order valence-corrected chi connectivity index (χ1v) is 14.9. The van der Waals surface area contributed by atoms with E-state index in [2.05, 4.69) is 43.4 Å². The van der Waals surface area contributed by atoms with Gasteiger partial charge in [-0.15, -0.1) is 5.10 Å². The van der Waals surface area contributed by atoms with Crippen LogP contribution in [0.4, 0.5) is 30.5 Å². The van der Waals surface area contributed by atoms with Gasteiger partial charge in [0.05, 0.1) is 6.42 Å². The van der Waals surface area contributed by atoms with E-state index in [-0.39, 0.29) is 18.3 Å². The van der Waals surface area contributed by atoms with E-state index in [1.165, 1.54) is 24.8 Å². The Bertz CT molecular complexity index is 1550. The van der Waals surface area contributed by atoms with E-state index in [1.54, 1.807) is 47.4 Å². The number of benzene rings is 3. The highest BCUT2D eigenvalue weighted by atomic mass is 35.5. The van der Waals surface area contributed by atoms with Crippen LogP contribution in [0.1, 0.15) is 65.9 Å². The molecule has 3 N–H and O–H groups in total. The molecule has 0 aliphatic heterocycles. The Balaban J connectivity index is 1.47. The van der Waals surface area contributed by atoms with Crippen LogP contribution < -0.4 is 15.5 Å². The highest BCUT2D eigenvalue weighted by Gasteiger charge is 2.27. The van der Waals surface area contributed by atoms with Crippen molar-refractivity contribution >= 4 is 46.4 Å². The minimum absolute atomic E-state index is 0.0357. The summed E-state index contributed by atoms with van der Waals surface area (Å²) in [5.41, 5.74) is 3.45. The van der Waals surface area contributed by atoms with Crippen molar-refractivity contribution in [3.05, 3.63) is 105 Å². The molecule has 0 spiro atoms. The third-order valence-electron chi connectivity index (χ3n) is 7.36. The number of amides is 1. The molecule has 0 radical (unpaired) electrons. The maximum absolute atomic E-state index is 13.5. The Morgan fingerprint density at radius 1 is 0.955 bits per heavy atom. The van der Waals surface area contributed by atoms with E-state index in [1.807, 2.05) is 12.1 Å². The highest BCUT2D eigenvalue weighted by molar-refractivity contribution is 6.35. The number of nitrogens with one attached hydrogen (secondary N) is 3. The van der Waals surface area contributed by atoms with Crippen molar-refractivity contribution in [1.82, 2.24) is 20.6 Å². The largest absolute Gasteiger partial charge is 0.392 e. The van der Waals surface area contributed by atoms with Gasteiger partial charge in [-0.3, -0.25) is 10.1 Å². The van der Waals surface area contributed by atoms with E-state index < -0.39 is 18.5 Å². The molecule has 13 heteroatoms. The Morgan fingerprint density at radius 2 is 1.64 bits per heavy atom. The zero-order chi connectivity index (χ0) is 31.1. The highest BCUT2D eigenvalue weighted by Crippen LogP contribution is 2.35. The van der Waals surface area contributed by atoms with Crippen molar-refractivity contribution in [2.75, 3.05) is 15.5 Å². The summed E-state index contributed by atoms with van der Waals surface area (Å²) in [4.78, 5) is 14.3. The lowest BCUT2D eigenvalue weighted by atomic mass is 9.84. The third-order valence-corrected chi connectivity index (χ3v) is 7.80. The minimum Gasteiger partial charge on any atom is -0.342 e. The number of hydrogen-bond donors (Lipinski definition) is 3. The quantitative estimate of drug-likeness (QED) is 0.160. The Morgan fingerprint density at radius 3 is 2.25 bits per heavy atom. The number of carbonyl (C=O) groups is 1. The molecule has 1 saturated carbocycles. The first-order valence-electron chi connectivity index (χ1n) is 14.1. The van der Waals surface area contributed by atoms with E-state index in [0.29, 0.717) is 32.9 Å². The molecule has 44 heavy (non-hydrogen) atoms. The van der Waals surface area contributed by atoms with Gasteiger partial charge in [0.2, 0.25) is 0 Å². The summed E-state index contributed by atoms with van der Waals surface area (Å²) in [5.74, 6) is 0.279.